The molecule has 1 aliphatic carbocycles. The van der Waals surface area contributed by atoms with Gasteiger partial charge in [-0.1, -0.05) is 22.6 Å². The molecule has 0 spiro atoms. The van der Waals surface area contributed by atoms with Gasteiger partial charge in [0.15, 0.2) is 21.1 Å². The molecule has 0 unspecified atom stereocenters. The summed E-state index contributed by atoms with van der Waals surface area (Å²) in [6, 6.07) is 1.80. The highest BCUT2D eigenvalue weighted by Gasteiger charge is 2.46. The lowest BCUT2D eigenvalue weighted by atomic mass is 10.1. The topological polar surface area (TPSA) is 93.0 Å². The number of hydrogen-bond acceptors (Lipinski definition) is 5. The van der Waals surface area contributed by atoms with E-state index in [0.29, 0.717) is 17.1 Å². The molecule has 0 saturated heterocycles. The van der Waals surface area contributed by atoms with Gasteiger partial charge in [0.2, 0.25) is 0 Å². The first kappa shape index (κ1) is 17.9. The van der Waals surface area contributed by atoms with Gasteiger partial charge < -0.3 is 4.98 Å². The van der Waals surface area contributed by atoms with Crippen LogP contribution in [0, 0.1) is 0 Å². The SMILES string of the molecule is O=S(=O)(CC(F)(F)F)[C@H]1C[C@@H](I)[C@@H](c2nnc3cnc4[nH]ccc4n23)C1. The number of rotatable bonds is 3. The third-order valence-corrected chi connectivity index (χ3v) is 8.12. The average Bonchev–Trinajstić information content (AvgIpc) is 3.19. The van der Waals surface area contributed by atoms with Crippen molar-refractivity contribution in [1.82, 2.24) is 24.6 Å². The molecule has 1 saturated carbocycles. The molecule has 3 aromatic heterocycles. The van der Waals surface area contributed by atoms with E-state index in [-0.39, 0.29) is 22.7 Å². The third kappa shape index (κ3) is 3.06. The summed E-state index contributed by atoms with van der Waals surface area (Å²) >= 11 is 2.09. The van der Waals surface area contributed by atoms with Crippen LogP contribution in [0.2, 0.25) is 0 Å². The summed E-state index contributed by atoms with van der Waals surface area (Å²) in [6.45, 7) is 0. The maximum absolute atomic E-state index is 12.6. The fraction of sp³-hybridized carbons (Fsp3) is 0.500. The first-order valence-electron chi connectivity index (χ1n) is 7.75. The van der Waals surface area contributed by atoms with Gasteiger partial charge in [-0.3, -0.25) is 4.40 Å². The Morgan fingerprint density at radius 3 is 2.81 bits per heavy atom. The van der Waals surface area contributed by atoms with E-state index in [1.165, 1.54) is 0 Å². The van der Waals surface area contributed by atoms with Crippen LogP contribution < -0.4 is 0 Å². The summed E-state index contributed by atoms with van der Waals surface area (Å²) in [4.78, 5) is 7.20. The molecule has 7 nitrogen and oxygen atoms in total. The van der Waals surface area contributed by atoms with E-state index >= 15 is 0 Å². The maximum Gasteiger partial charge on any atom is 0.402 e. The highest BCUT2D eigenvalue weighted by Crippen LogP contribution is 2.43. The number of sulfone groups is 1. The highest BCUT2D eigenvalue weighted by molar-refractivity contribution is 14.1. The molecule has 3 heterocycles. The number of nitrogens with one attached hydrogen (secondary N) is 1. The Morgan fingerprint density at radius 2 is 2.08 bits per heavy atom. The minimum atomic E-state index is -4.73. The second kappa shape index (κ2) is 6.04. The lowest BCUT2D eigenvalue weighted by molar-refractivity contribution is -0.106. The first-order valence-corrected chi connectivity index (χ1v) is 10.7. The lowest BCUT2D eigenvalue weighted by Gasteiger charge is -2.14. The van der Waals surface area contributed by atoms with Crippen LogP contribution >= 0.6 is 22.6 Å². The van der Waals surface area contributed by atoms with Crippen molar-refractivity contribution in [2.45, 2.75) is 34.1 Å². The van der Waals surface area contributed by atoms with Crippen molar-refractivity contribution in [3.8, 4) is 0 Å². The Morgan fingerprint density at radius 1 is 1.31 bits per heavy atom. The van der Waals surface area contributed by atoms with Gasteiger partial charge in [0.25, 0.3) is 0 Å². The normalized spacial score (nSPS) is 24.7. The molecular formula is C14H13F3IN5O2S. The molecule has 1 N–H and O–H groups in total. The third-order valence-electron chi connectivity index (χ3n) is 4.61. The predicted molar refractivity (Wildman–Crippen MR) is 96.1 cm³/mol. The van der Waals surface area contributed by atoms with Gasteiger partial charge in [0.1, 0.15) is 11.6 Å². The van der Waals surface area contributed by atoms with Crippen molar-refractivity contribution < 1.29 is 21.6 Å². The van der Waals surface area contributed by atoms with E-state index < -0.39 is 27.0 Å². The Labute approximate surface area is 159 Å². The molecule has 1 fully saturated rings. The van der Waals surface area contributed by atoms with E-state index in [4.69, 9.17) is 0 Å². The van der Waals surface area contributed by atoms with Crippen molar-refractivity contribution in [2.75, 3.05) is 5.75 Å². The van der Waals surface area contributed by atoms with Crippen molar-refractivity contribution in [3.63, 3.8) is 0 Å². The van der Waals surface area contributed by atoms with Crippen molar-refractivity contribution in [2.24, 2.45) is 0 Å². The number of aromatic nitrogens is 5. The second-order valence-electron chi connectivity index (χ2n) is 6.36. The molecule has 3 aromatic rings. The molecule has 0 aromatic carbocycles. The van der Waals surface area contributed by atoms with Crippen LogP contribution in [0.15, 0.2) is 18.5 Å². The van der Waals surface area contributed by atoms with Crippen LogP contribution in [-0.4, -0.2) is 54.1 Å². The van der Waals surface area contributed by atoms with Crippen LogP contribution in [0.1, 0.15) is 24.6 Å². The predicted octanol–water partition coefficient (Wildman–Crippen LogP) is 2.63. The Balaban J connectivity index is 1.71. The van der Waals surface area contributed by atoms with Gasteiger partial charge in [-0.25, -0.2) is 13.4 Å². The first-order chi connectivity index (χ1) is 12.2. The lowest BCUT2D eigenvalue weighted by Crippen LogP contribution is -2.30. The van der Waals surface area contributed by atoms with Crippen LogP contribution in [0.3, 0.4) is 0 Å². The zero-order valence-corrected chi connectivity index (χ0v) is 16.1. The van der Waals surface area contributed by atoms with E-state index in [1.54, 1.807) is 22.9 Å². The fourth-order valence-electron chi connectivity index (χ4n) is 3.49. The summed E-state index contributed by atoms with van der Waals surface area (Å²) < 4.78 is 63.8. The highest BCUT2D eigenvalue weighted by atomic mass is 127. The van der Waals surface area contributed by atoms with Crippen molar-refractivity contribution in [1.29, 1.82) is 0 Å². The van der Waals surface area contributed by atoms with Gasteiger partial charge in [-0.05, 0) is 18.9 Å². The van der Waals surface area contributed by atoms with Crippen LogP contribution in [0.25, 0.3) is 16.8 Å². The monoisotopic (exact) mass is 499 g/mol. The number of fused-ring (bicyclic) bond motifs is 3. The van der Waals surface area contributed by atoms with Crippen LogP contribution in [0.4, 0.5) is 13.2 Å². The Hall–Kier alpha value is -1.44. The fourth-order valence-corrected chi connectivity index (χ4v) is 6.75. The molecule has 140 valence electrons. The molecule has 0 radical (unpaired) electrons. The minimum Gasteiger partial charge on any atom is -0.345 e. The van der Waals surface area contributed by atoms with E-state index in [9.17, 15) is 21.6 Å². The average molecular weight is 499 g/mol. The minimum absolute atomic E-state index is 0.0983. The van der Waals surface area contributed by atoms with Gasteiger partial charge in [0.05, 0.1) is 17.0 Å². The molecule has 1 aliphatic rings. The molecule has 0 amide bonds. The molecule has 12 heteroatoms. The van der Waals surface area contributed by atoms with Crippen LogP contribution in [0.5, 0.6) is 0 Å². The van der Waals surface area contributed by atoms with Crippen molar-refractivity contribution >= 4 is 49.2 Å². The number of H-pyrrole nitrogens is 1. The van der Waals surface area contributed by atoms with Gasteiger partial charge in [-0.15, -0.1) is 10.2 Å². The summed E-state index contributed by atoms with van der Waals surface area (Å²) in [5.74, 6) is -1.54. The molecule has 26 heavy (non-hydrogen) atoms. The second-order valence-corrected chi connectivity index (χ2v) is 10.2. The summed E-state index contributed by atoms with van der Waals surface area (Å²) in [6.07, 6.45) is -1.21. The van der Waals surface area contributed by atoms with Gasteiger partial charge in [-0.2, -0.15) is 13.2 Å². The Bertz CT molecular complexity index is 1080. The molecular weight excluding hydrogens is 486 g/mol. The number of alkyl halides is 4. The molecule has 0 bridgehead atoms. The van der Waals surface area contributed by atoms with E-state index in [2.05, 4.69) is 42.8 Å². The van der Waals surface area contributed by atoms with E-state index in [1.807, 2.05) is 0 Å². The van der Waals surface area contributed by atoms with Crippen molar-refractivity contribution in [3.05, 3.63) is 24.3 Å². The number of aromatic amines is 1. The zero-order valence-electron chi connectivity index (χ0n) is 13.1. The summed E-state index contributed by atoms with van der Waals surface area (Å²) in [5.41, 5.74) is 1.88. The number of hydrogen-bond donors (Lipinski definition) is 1. The quantitative estimate of drug-likeness (QED) is 0.442. The van der Waals surface area contributed by atoms with E-state index in [0.717, 1.165) is 5.52 Å². The van der Waals surface area contributed by atoms with Gasteiger partial charge >= 0.3 is 6.18 Å². The maximum atomic E-state index is 12.6. The standard InChI is InChI=1S/C14H13F3IN5O2S/c15-14(16,17)6-26(24,25)7-3-8(9(18)4-7)13-22-21-11-5-20-12-10(23(11)13)1-2-19-12/h1-2,5,7-9,19H,3-4,6H2/t7-,8+,9-/m1/s1. The molecule has 4 rings (SSSR count). The summed E-state index contributed by atoms with van der Waals surface area (Å²) in [5, 5.41) is 7.23. The zero-order chi connectivity index (χ0) is 18.7. The smallest absolute Gasteiger partial charge is 0.345 e. The number of nitrogens with zero attached hydrogens (tertiary/aromatic N) is 4. The largest absolute Gasteiger partial charge is 0.402 e. The molecule has 3 atom stereocenters. The van der Waals surface area contributed by atoms with Crippen LogP contribution in [-0.2, 0) is 9.84 Å². The molecule has 0 aliphatic heterocycles. The summed E-state index contributed by atoms with van der Waals surface area (Å²) in [7, 11) is -4.27. The number of halogens is 4. The Kier molecular flexibility index (Phi) is 4.17. The van der Waals surface area contributed by atoms with Gasteiger partial charge in [0, 0.05) is 16.0 Å².